The summed E-state index contributed by atoms with van der Waals surface area (Å²) in [7, 11) is 0. The van der Waals surface area contributed by atoms with Gasteiger partial charge in [-0.05, 0) is 65.7 Å². The van der Waals surface area contributed by atoms with Gasteiger partial charge in [0.2, 0.25) is 0 Å². The van der Waals surface area contributed by atoms with Gasteiger partial charge < -0.3 is 4.57 Å². The number of allylic oxidation sites excluding steroid dienone is 4. The van der Waals surface area contributed by atoms with Crippen LogP contribution in [0.1, 0.15) is 5.82 Å². The number of aromatic nitrogens is 5. The molecule has 0 bridgehead atoms. The Kier molecular flexibility index (Phi) is 9.81. The quantitative estimate of drug-likeness (QED) is 0.130. The van der Waals surface area contributed by atoms with Crippen LogP contribution in [0.3, 0.4) is 0 Å². The molecule has 3 heterocycles. The van der Waals surface area contributed by atoms with Gasteiger partial charge in [-0.15, -0.1) is 0 Å². The van der Waals surface area contributed by atoms with Crippen LogP contribution in [0.5, 0.6) is 0 Å². The van der Waals surface area contributed by atoms with Crippen LogP contribution in [0.15, 0.2) is 226 Å². The predicted octanol–water partition coefficient (Wildman–Crippen LogP) is 14.1. The van der Waals surface area contributed by atoms with Crippen LogP contribution in [-0.2, 0) is 0 Å². The number of rotatable bonds is 10. The van der Waals surface area contributed by atoms with Gasteiger partial charge in [0.25, 0.3) is 0 Å². The van der Waals surface area contributed by atoms with Gasteiger partial charge in [0.15, 0.2) is 11.6 Å². The molecule has 0 N–H and O–H groups in total. The van der Waals surface area contributed by atoms with Crippen molar-refractivity contribution in [2.45, 2.75) is 0 Å². The Morgan fingerprint density at radius 1 is 0.393 bits per heavy atom. The molecular formula is C56H39N5. The molecule has 7 aromatic carbocycles. The SMILES string of the molecule is C=C/C=C(\C=C)c1nc(-c2ccccc2)cc(-c2cc(-c3ccc(-n4c5ccccc5c5ccccc54)cc3)cc(-c3cc(-c4ccccc4)nc(-c4ccccc4)n3)c2)n1. The Hall–Kier alpha value is -8.28. The van der Waals surface area contributed by atoms with E-state index in [1.165, 1.54) is 21.8 Å². The van der Waals surface area contributed by atoms with Crippen molar-refractivity contribution in [1.82, 2.24) is 24.5 Å². The molecule has 0 aliphatic carbocycles. The van der Waals surface area contributed by atoms with Gasteiger partial charge in [0, 0.05) is 49.9 Å². The number of para-hydroxylation sites is 2. The van der Waals surface area contributed by atoms with Gasteiger partial charge in [-0.2, -0.15) is 0 Å². The Morgan fingerprint density at radius 2 is 0.836 bits per heavy atom. The van der Waals surface area contributed by atoms with Crippen LogP contribution in [0, 0.1) is 0 Å². The normalized spacial score (nSPS) is 11.5. The molecule has 0 spiro atoms. The number of fused-ring (bicyclic) bond motifs is 3. The molecule has 5 nitrogen and oxygen atoms in total. The van der Waals surface area contributed by atoms with E-state index in [9.17, 15) is 0 Å². The fourth-order valence-corrected chi connectivity index (χ4v) is 8.00. The lowest BCUT2D eigenvalue weighted by Crippen LogP contribution is -1.99. The van der Waals surface area contributed by atoms with Crippen LogP contribution in [-0.4, -0.2) is 24.5 Å². The highest BCUT2D eigenvalue weighted by Gasteiger charge is 2.17. The molecule has 10 aromatic rings. The van der Waals surface area contributed by atoms with Crippen LogP contribution in [0.2, 0.25) is 0 Å². The second-order valence-corrected chi connectivity index (χ2v) is 14.8. The monoisotopic (exact) mass is 781 g/mol. The van der Waals surface area contributed by atoms with E-state index in [1.54, 1.807) is 12.2 Å². The van der Waals surface area contributed by atoms with Crippen molar-refractivity contribution < 1.29 is 0 Å². The lowest BCUT2D eigenvalue weighted by molar-refractivity contribution is 1.13. The first kappa shape index (κ1) is 37.0. The molecule has 0 radical (unpaired) electrons. The van der Waals surface area contributed by atoms with Gasteiger partial charge in [0.05, 0.1) is 33.8 Å². The topological polar surface area (TPSA) is 56.5 Å². The minimum absolute atomic E-state index is 0.563. The van der Waals surface area contributed by atoms with E-state index < -0.39 is 0 Å². The molecule has 3 aromatic heterocycles. The zero-order valence-corrected chi connectivity index (χ0v) is 33.4. The maximum absolute atomic E-state index is 5.24. The second-order valence-electron chi connectivity index (χ2n) is 14.8. The van der Waals surface area contributed by atoms with Gasteiger partial charge in [0.1, 0.15) is 0 Å². The van der Waals surface area contributed by atoms with Crippen LogP contribution >= 0.6 is 0 Å². The van der Waals surface area contributed by atoms with Crippen molar-refractivity contribution in [1.29, 1.82) is 0 Å². The lowest BCUT2D eigenvalue weighted by atomic mass is 9.95. The van der Waals surface area contributed by atoms with Crippen molar-refractivity contribution in [2.24, 2.45) is 0 Å². The second kappa shape index (κ2) is 16.2. The summed E-state index contributed by atoms with van der Waals surface area (Å²) in [5.74, 6) is 1.22. The van der Waals surface area contributed by atoms with E-state index in [4.69, 9.17) is 19.9 Å². The fraction of sp³-hybridized carbons (Fsp3) is 0. The van der Waals surface area contributed by atoms with E-state index in [0.29, 0.717) is 11.6 Å². The smallest absolute Gasteiger partial charge is 0.160 e. The third kappa shape index (κ3) is 7.26. The summed E-state index contributed by atoms with van der Waals surface area (Å²) in [6, 6.07) is 67.4. The summed E-state index contributed by atoms with van der Waals surface area (Å²) in [6.07, 6.45) is 5.40. The Balaban J connectivity index is 1.19. The third-order valence-electron chi connectivity index (χ3n) is 11.0. The standard InChI is InChI=1S/C56H39N5/c1-3-18-38(4-2)55-57-49(40-19-8-5-9-20-40)36-51(59-55)44-33-43(39-29-31-46(32-30-39)61-53-27-16-14-25-47(53)48-26-15-17-28-54(48)61)34-45(35-44)52-37-50(41-21-10-6-11-22-41)58-56(60-52)42-23-12-7-13-24-42/h3-37H,1-2H2/b38-18+. The first-order chi connectivity index (χ1) is 30.1. The molecule has 10 rings (SSSR count). The minimum atomic E-state index is 0.563. The average molecular weight is 782 g/mol. The Labute approximate surface area is 355 Å². The van der Waals surface area contributed by atoms with Crippen molar-refractivity contribution in [3.05, 3.63) is 231 Å². The zero-order valence-electron chi connectivity index (χ0n) is 33.4. The molecule has 5 heteroatoms. The van der Waals surface area contributed by atoms with E-state index in [2.05, 4.69) is 157 Å². The maximum atomic E-state index is 5.24. The maximum Gasteiger partial charge on any atom is 0.160 e. The lowest BCUT2D eigenvalue weighted by Gasteiger charge is -2.15. The van der Waals surface area contributed by atoms with Crippen molar-refractivity contribution in [3.63, 3.8) is 0 Å². The highest BCUT2D eigenvalue weighted by molar-refractivity contribution is 6.09. The van der Waals surface area contributed by atoms with E-state index in [-0.39, 0.29) is 0 Å². The molecule has 61 heavy (non-hydrogen) atoms. The molecule has 0 amide bonds. The first-order valence-electron chi connectivity index (χ1n) is 20.3. The summed E-state index contributed by atoms with van der Waals surface area (Å²) in [5, 5.41) is 2.46. The van der Waals surface area contributed by atoms with Crippen molar-refractivity contribution in [2.75, 3.05) is 0 Å². The number of hydrogen-bond donors (Lipinski definition) is 0. The van der Waals surface area contributed by atoms with Crippen LogP contribution < -0.4 is 0 Å². The molecule has 0 fully saturated rings. The number of hydrogen-bond acceptors (Lipinski definition) is 4. The number of benzene rings is 7. The van der Waals surface area contributed by atoms with Gasteiger partial charge >= 0.3 is 0 Å². The Morgan fingerprint density at radius 3 is 1.36 bits per heavy atom. The summed E-state index contributed by atoms with van der Waals surface area (Å²) in [4.78, 5) is 20.5. The summed E-state index contributed by atoms with van der Waals surface area (Å²) in [6.45, 7) is 8.02. The summed E-state index contributed by atoms with van der Waals surface area (Å²) >= 11 is 0. The summed E-state index contributed by atoms with van der Waals surface area (Å²) < 4.78 is 2.34. The van der Waals surface area contributed by atoms with Gasteiger partial charge in [-0.1, -0.05) is 171 Å². The molecule has 0 unspecified atom stereocenters. The first-order valence-corrected chi connectivity index (χ1v) is 20.3. The molecule has 0 saturated heterocycles. The fourth-order valence-electron chi connectivity index (χ4n) is 8.00. The Bertz CT molecular complexity index is 3150. The van der Waals surface area contributed by atoms with Crippen molar-refractivity contribution >= 4 is 27.4 Å². The van der Waals surface area contributed by atoms with Gasteiger partial charge in [-0.25, -0.2) is 19.9 Å². The largest absolute Gasteiger partial charge is 0.309 e. The minimum Gasteiger partial charge on any atom is -0.309 e. The molecule has 0 aliphatic rings. The average Bonchev–Trinajstić information content (AvgIpc) is 3.68. The predicted molar refractivity (Wildman–Crippen MR) is 253 cm³/mol. The molecule has 0 aliphatic heterocycles. The van der Waals surface area contributed by atoms with Crippen molar-refractivity contribution in [3.8, 4) is 73.2 Å². The third-order valence-corrected chi connectivity index (χ3v) is 11.0. The van der Waals surface area contributed by atoms with Gasteiger partial charge in [-0.3, -0.25) is 0 Å². The molecular weight excluding hydrogens is 743 g/mol. The summed E-state index contributed by atoms with van der Waals surface area (Å²) in [5.41, 5.74) is 14.3. The van der Waals surface area contributed by atoms with Crippen LogP contribution in [0.25, 0.3) is 101 Å². The molecule has 288 valence electrons. The molecule has 0 saturated carbocycles. The highest BCUT2D eigenvalue weighted by atomic mass is 15.0. The van der Waals surface area contributed by atoms with E-state index in [0.717, 1.165) is 73.0 Å². The highest BCUT2D eigenvalue weighted by Crippen LogP contribution is 2.37. The zero-order chi connectivity index (χ0) is 41.1. The van der Waals surface area contributed by atoms with E-state index >= 15 is 0 Å². The number of nitrogens with zero attached hydrogens (tertiary/aromatic N) is 5. The van der Waals surface area contributed by atoms with Crippen LogP contribution in [0.4, 0.5) is 0 Å². The van der Waals surface area contributed by atoms with E-state index in [1.807, 2.05) is 60.7 Å². The molecule has 0 atom stereocenters.